The lowest BCUT2D eigenvalue weighted by atomic mass is 10.1. The number of rotatable bonds is 5. The highest BCUT2D eigenvalue weighted by molar-refractivity contribution is 6.32. The first kappa shape index (κ1) is 15.8. The van der Waals surface area contributed by atoms with Crippen LogP contribution in [0.15, 0.2) is 23.4 Å². The van der Waals surface area contributed by atoms with Gasteiger partial charge in [-0.05, 0) is 45.4 Å². The van der Waals surface area contributed by atoms with Gasteiger partial charge in [0.15, 0.2) is 0 Å². The minimum Gasteiger partial charge on any atom is -0.486 e. The monoisotopic (exact) mass is 284 g/mol. The predicted octanol–water partition coefficient (Wildman–Crippen LogP) is 3.25. The Balaban J connectivity index is 2.56. The maximum atomic E-state index is 8.96. The number of benzene rings is 1. The minimum absolute atomic E-state index is 0.0447. The lowest BCUT2D eigenvalue weighted by molar-refractivity contribution is 0.303. The second-order valence-corrected chi connectivity index (χ2v) is 5.90. The zero-order chi connectivity index (χ0) is 14.5. The number of halogens is 1. The highest BCUT2D eigenvalue weighted by Crippen LogP contribution is 2.25. The molecular weight excluding hydrogens is 264 g/mol. The molecule has 0 heterocycles. The lowest BCUT2D eigenvalue weighted by Crippen LogP contribution is -2.40. The van der Waals surface area contributed by atoms with Crippen molar-refractivity contribution in [1.29, 1.82) is 0 Å². The maximum Gasteiger partial charge on any atom is 0.138 e. The number of hydrogen-bond donors (Lipinski definition) is 2. The van der Waals surface area contributed by atoms with Crippen LogP contribution in [0, 0.1) is 6.92 Å². The van der Waals surface area contributed by atoms with Crippen LogP contribution in [0.5, 0.6) is 5.75 Å². The van der Waals surface area contributed by atoms with E-state index in [0.717, 1.165) is 5.56 Å². The second-order valence-electron chi connectivity index (χ2n) is 5.49. The first-order valence-corrected chi connectivity index (χ1v) is 6.53. The van der Waals surface area contributed by atoms with Gasteiger partial charge in [0.2, 0.25) is 0 Å². The predicted molar refractivity (Wildman–Crippen MR) is 78.7 cm³/mol. The van der Waals surface area contributed by atoms with Gasteiger partial charge in [-0.3, -0.25) is 0 Å². The molecule has 1 aromatic carbocycles. The molecule has 19 heavy (non-hydrogen) atoms. The topological polar surface area (TPSA) is 53.8 Å². The Morgan fingerprint density at radius 2 is 2.11 bits per heavy atom. The summed E-state index contributed by atoms with van der Waals surface area (Å²) < 4.78 is 5.57. The molecule has 0 aliphatic heterocycles. The molecule has 4 nitrogen and oxygen atoms in total. The molecule has 0 radical (unpaired) electrons. The van der Waals surface area contributed by atoms with Crippen molar-refractivity contribution in [3.63, 3.8) is 0 Å². The molecule has 0 fully saturated rings. The molecule has 0 atom stereocenters. The summed E-state index contributed by atoms with van der Waals surface area (Å²) in [6.45, 7) is 8.75. The largest absolute Gasteiger partial charge is 0.486 e. The fraction of sp³-hybridized carbons (Fsp3) is 0.500. The van der Waals surface area contributed by atoms with Gasteiger partial charge in [-0.15, -0.1) is 0 Å². The molecule has 2 N–H and O–H groups in total. The van der Waals surface area contributed by atoms with E-state index in [1.54, 1.807) is 6.07 Å². The summed E-state index contributed by atoms with van der Waals surface area (Å²) in [5, 5.41) is 16.0. The van der Waals surface area contributed by atoms with Crippen LogP contribution in [0.3, 0.4) is 0 Å². The van der Waals surface area contributed by atoms with Crippen LogP contribution in [0.25, 0.3) is 0 Å². The van der Waals surface area contributed by atoms with Crippen molar-refractivity contribution in [3.05, 3.63) is 28.8 Å². The van der Waals surface area contributed by atoms with Crippen molar-refractivity contribution in [2.24, 2.45) is 5.16 Å². The van der Waals surface area contributed by atoms with Crippen LogP contribution in [-0.4, -0.2) is 29.6 Å². The summed E-state index contributed by atoms with van der Waals surface area (Å²) in [7, 11) is 0. The molecule has 0 aliphatic carbocycles. The van der Waals surface area contributed by atoms with Crippen LogP contribution in [0.4, 0.5) is 0 Å². The van der Waals surface area contributed by atoms with E-state index in [1.807, 2.05) is 39.8 Å². The van der Waals surface area contributed by atoms with Crippen molar-refractivity contribution in [2.75, 3.05) is 13.2 Å². The fourth-order valence-electron chi connectivity index (χ4n) is 1.36. The molecular formula is C14H21ClN2O2. The highest BCUT2D eigenvalue weighted by Gasteiger charge is 2.11. The molecule has 1 aromatic rings. The average Bonchev–Trinajstić information content (AvgIpc) is 2.32. The summed E-state index contributed by atoms with van der Waals surface area (Å²) in [6, 6.07) is 5.56. The molecule has 106 valence electrons. The Kier molecular flexibility index (Phi) is 5.63. The smallest absolute Gasteiger partial charge is 0.138 e. The van der Waals surface area contributed by atoms with E-state index in [9.17, 15) is 0 Å². The Bertz CT molecular complexity index is 453. The number of aryl methyl sites for hydroxylation is 1. The highest BCUT2D eigenvalue weighted by atomic mass is 35.5. The molecule has 0 aliphatic rings. The van der Waals surface area contributed by atoms with Crippen molar-refractivity contribution >= 4 is 17.3 Å². The van der Waals surface area contributed by atoms with Crippen LogP contribution in [-0.2, 0) is 0 Å². The molecule has 1 rings (SSSR count). The Morgan fingerprint density at radius 3 is 2.68 bits per heavy atom. The number of nitrogens with one attached hydrogen (secondary N) is 1. The fourth-order valence-corrected chi connectivity index (χ4v) is 1.54. The molecule has 0 aromatic heterocycles. The summed E-state index contributed by atoms with van der Waals surface area (Å²) in [5.41, 5.74) is 1.54. The third-order valence-electron chi connectivity index (χ3n) is 2.45. The van der Waals surface area contributed by atoms with E-state index in [-0.39, 0.29) is 12.1 Å². The van der Waals surface area contributed by atoms with E-state index in [1.165, 1.54) is 0 Å². The zero-order valence-electron chi connectivity index (χ0n) is 11.8. The van der Waals surface area contributed by atoms with Gasteiger partial charge in [-0.1, -0.05) is 22.8 Å². The molecule has 0 unspecified atom stereocenters. The van der Waals surface area contributed by atoms with Crippen molar-refractivity contribution in [3.8, 4) is 5.75 Å². The van der Waals surface area contributed by atoms with Gasteiger partial charge < -0.3 is 15.3 Å². The first-order valence-electron chi connectivity index (χ1n) is 6.15. The second kappa shape index (κ2) is 6.78. The third-order valence-corrected chi connectivity index (χ3v) is 2.76. The normalized spacial score (nSPS) is 12.6. The molecule has 0 amide bonds. The number of hydrogen-bond acceptors (Lipinski definition) is 4. The van der Waals surface area contributed by atoms with Crippen molar-refractivity contribution in [2.45, 2.75) is 33.2 Å². The van der Waals surface area contributed by atoms with Crippen LogP contribution < -0.4 is 10.1 Å². The Labute approximate surface area is 119 Å². The summed E-state index contributed by atoms with van der Waals surface area (Å²) in [4.78, 5) is 0. The summed E-state index contributed by atoms with van der Waals surface area (Å²) in [5.74, 6) is 0.596. The Hall–Kier alpha value is -1.26. The lowest BCUT2D eigenvalue weighted by Gasteiger charge is -2.20. The number of oxime groups is 1. The van der Waals surface area contributed by atoms with Crippen molar-refractivity contribution in [1.82, 2.24) is 5.32 Å². The van der Waals surface area contributed by atoms with E-state index in [2.05, 4.69) is 10.5 Å². The first-order chi connectivity index (χ1) is 8.81. The standard InChI is InChI=1S/C14H21ClN2O2/c1-10-5-6-12(15)13(7-10)19-9-11(17-18)8-16-14(2,3)4/h5-7,16,18H,8-9H2,1-4H3/b17-11-. The van der Waals surface area contributed by atoms with Gasteiger partial charge in [0, 0.05) is 12.1 Å². The van der Waals surface area contributed by atoms with Gasteiger partial charge >= 0.3 is 0 Å². The van der Waals surface area contributed by atoms with Gasteiger partial charge in [0.25, 0.3) is 0 Å². The molecule has 0 bridgehead atoms. The van der Waals surface area contributed by atoms with Crippen LogP contribution in [0.2, 0.25) is 5.02 Å². The number of ether oxygens (including phenoxy) is 1. The third kappa shape index (κ3) is 5.94. The van der Waals surface area contributed by atoms with Crippen LogP contribution >= 0.6 is 11.6 Å². The number of nitrogens with zero attached hydrogens (tertiary/aromatic N) is 1. The van der Waals surface area contributed by atoms with Crippen LogP contribution in [0.1, 0.15) is 26.3 Å². The average molecular weight is 285 g/mol. The van der Waals surface area contributed by atoms with Crippen molar-refractivity contribution < 1.29 is 9.94 Å². The quantitative estimate of drug-likeness (QED) is 0.496. The maximum absolute atomic E-state index is 8.96. The minimum atomic E-state index is -0.0447. The molecule has 0 spiro atoms. The molecule has 0 saturated heterocycles. The van der Waals surface area contributed by atoms with E-state index in [4.69, 9.17) is 21.5 Å². The van der Waals surface area contributed by atoms with E-state index in [0.29, 0.717) is 23.0 Å². The van der Waals surface area contributed by atoms with E-state index >= 15 is 0 Å². The van der Waals surface area contributed by atoms with Gasteiger partial charge in [0.1, 0.15) is 18.1 Å². The van der Waals surface area contributed by atoms with Gasteiger partial charge in [-0.2, -0.15) is 0 Å². The summed E-state index contributed by atoms with van der Waals surface area (Å²) in [6.07, 6.45) is 0. The van der Waals surface area contributed by atoms with E-state index < -0.39 is 0 Å². The SMILES string of the molecule is Cc1ccc(Cl)c(OC/C(CNC(C)(C)C)=N\O)c1. The van der Waals surface area contributed by atoms with Gasteiger partial charge in [0.05, 0.1) is 5.02 Å². The molecule has 5 heteroatoms. The van der Waals surface area contributed by atoms with Gasteiger partial charge in [-0.25, -0.2) is 0 Å². The Morgan fingerprint density at radius 1 is 1.42 bits per heavy atom. The molecule has 0 saturated carbocycles. The summed E-state index contributed by atoms with van der Waals surface area (Å²) >= 11 is 6.03. The zero-order valence-corrected chi connectivity index (χ0v) is 12.6.